The summed E-state index contributed by atoms with van der Waals surface area (Å²) in [4.78, 5) is 0. The van der Waals surface area contributed by atoms with Gasteiger partial charge in [0.15, 0.2) is 0 Å². The first kappa shape index (κ1) is 8.34. The SMILES string of the molecule is CC1=CCCC(C)(C)C1C1CC1. The van der Waals surface area contributed by atoms with E-state index in [1.807, 2.05) is 0 Å². The average molecular weight is 164 g/mol. The van der Waals surface area contributed by atoms with Crippen LogP contribution in [0.15, 0.2) is 11.6 Å². The lowest BCUT2D eigenvalue weighted by molar-refractivity contribution is 0.192. The van der Waals surface area contributed by atoms with E-state index in [1.165, 1.54) is 25.7 Å². The van der Waals surface area contributed by atoms with Crippen LogP contribution < -0.4 is 0 Å². The van der Waals surface area contributed by atoms with Gasteiger partial charge in [0, 0.05) is 0 Å². The minimum atomic E-state index is 0.583. The van der Waals surface area contributed by atoms with E-state index in [1.54, 1.807) is 5.57 Å². The fraction of sp³-hybridized carbons (Fsp3) is 0.833. The summed E-state index contributed by atoms with van der Waals surface area (Å²) in [6.45, 7) is 7.24. The number of hydrogen-bond donors (Lipinski definition) is 0. The molecule has 0 aromatic heterocycles. The molecule has 0 saturated heterocycles. The van der Waals surface area contributed by atoms with Crippen molar-refractivity contribution in [3.63, 3.8) is 0 Å². The highest BCUT2D eigenvalue weighted by Gasteiger charge is 2.42. The molecule has 1 unspecified atom stereocenters. The van der Waals surface area contributed by atoms with Crippen molar-refractivity contribution in [2.45, 2.75) is 46.5 Å². The first-order chi connectivity index (χ1) is 5.61. The normalized spacial score (nSPS) is 34.6. The predicted octanol–water partition coefficient (Wildman–Crippen LogP) is 3.78. The van der Waals surface area contributed by atoms with Gasteiger partial charge >= 0.3 is 0 Å². The van der Waals surface area contributed by atoms with Gasteiger partial charge in [-0.1, -0.05) is 25.5 Å². The quantitative estimate of drug-likeness (QED) is 0.517. The Morgan fingerprint density at radius 3 is 2.50 bits per heavy atom. The number of rotatable bonds is 1. The lowest BCUT2D eigenvalue weighted by Crippen LogP contribution is -2.29. The third-order valence-corrected chi connectivity index (χ3v) is 3.68. The van der Waals surface area contributed by atoms with Gasteiger partial charge in [-0.05, 0) is 49.9 Å². The molecule has 2 aliphatic rings. The summed E-state index contributed by atoms with van der Waals surface area (Å²) >= 11 is 0. The van der Waals surface area contributed by atoms with Crippen LogP contribution in [-0.2, 0) is 0 Å². The fourth-order valence-corrected chi connectivity index (χ4v) is 3.01. The zero-order valence-corrected chi connectivity index (χ0v) is 8.56. The van der Waals surface area contributed by atoms with Gasteiger partial charge in [0.25, 0.3) is 0 Å². The molecule has 0 bridgehead atoms. The van der Waals surface area contributed by atoms with E-state index < -0.39 is 0 Å². The number of hydrogen-bond acceptors (Lipinski definition) is 0. The second-order valence-corrected chi connectivity index (χ2v) is 5.29. The Bertz CT molecular complexity index is 206. The highest BCUT2D eigenvalue weighted by Crippen LogP contribution is 2.52. The highest BCUT2D eigenvalue weighted by atomic mass is 14.5. The number of allylic oxidation sites excluding steroid dienone is 2. The summed E-state index contributed by atoms with van der Waals surface area (Å²) in [5.74, 6) is 1.95. The van der Waals surface area contributed by atoms with E-state index in [0.717, 1.165) is 11.8 Å². The average Bonchev–Trinajstić information content (AvgIpc) is 2.68. The fourth-order valence-electron chi connectivity index (χ4n) is 3.01. The van der Waals surface area contributed by atoms with Crippen molar-refractivity contribution in [3.05, 3.63) is 11.6 Å². The van der Waals surface area contributed by atoms with E-state index in [4.69, 9.17) is 0 Å². The third-order valence-electron chi connectivity index (χ3n) is 3.68. The van der Waals surface area contributed by atoms with Gasteiger partial charge in [-0.15, -0.1) is 0 Å². The first-order valence-electron chi connectivity index (χ1n) is 5.28. The van der Waals surface area contributed by atoms with E-state index in [9.17, 15) is 0 Å². The Labute approximate surface area is 76.1 Å². The smallest absolute Gasteiger partial charge is 0.0126 e. The molecule has 68 valence electrons. The maximum absolute atomic E-state index is 2.47. The predicted molar refractivity (Wildman–Crippen MR) is 53.0 cm³/mol. The van der Waals surface area contributed by atoms with Crippen LogP contribution in [0.4, 0.5) is 0 Å². The zero-order chi connectivity index (χ0) is 8.77. The van der Waals surface area contributed by atoms with Crippen LogP contribution in [0.3, 0.4) is 0 Å². The minimum absolute atomic E-state index is 0.583. The molecule has 0 heteroatoms. The summed E-state index contributed by atoms with van der Waals surface area (Å²) < 4.78 is 0. The molecule has 12 heavy (non-hydrogen) atoms. The molecular formula is C12H20. The molecule has 0 N–H and O–H groups in total. The molecule has 1 saturated carbocycles. The minimum Gasteiger partial charge on any atom is -0.0853 e. The van der Waals surface area contributed by atoms with Crippen molar-refractivity contribution >= 4 is 0 Å². The van der Waals surface area contributed by atoms with Crippen LogP contribution in [0.5, 0.6) is 0 Å². The molecule has 2 rings (SSSR count). The van der Waals surface area contributed by atoms with Crippen molar-refractivity contribution in [1.82, 2.24) is 0 Å². The van der Waals surface area contributed by atoms with Crippen LogP contribution in [0.2, 0.25) is 0 Å². The topological polar surface area (TPSA) is 0 Å². The van der Waals surface area contributed by atoms with E-state index >= 15 is 0 Å². The molecule has 0 heterocycles. The van der Waals surface area contributed by atoms with Crippen LogP contribution >= 0.6 is 0 Å². The Morgan fingerprint density at radius 2 is 2.00 bits per heavy atom. The Kier molecular flexibility index (Phi) is 1.82. The van der Waals surface area contributed by atoms with Crippen LogP contribution in [0.1, 0.15) is 46.5 Å². The molecule has 0 spiro atoms. The molecule has 1 atom stereocenters. The van der Waals surface area contributed by atoms with Gasteiger partial charge in [0.05, 0.1) is 0 Å². The van der Waals surface area contributed by atoms with Crippen molar-refractivity contribution in [1.29, 1.82) is 0 Å². The molecule has 0 aromatic carbocycles. The standard InChI is InChI=1S/C12H20/c1-9-5-4-8-12(2,3)11(9)10-6-7-10/h5,10-11H,4,6-8H2,1-3H3. The Morgan fingerprint density at radius 1 is 1.33 bits per heavy atom. The van der Waals surface area contributed by atoms with Gasteiger partial charge in [-0.25, -0.2) is 0 Å². The van der Waals surface area contributed by atoms with Gasteiger partial charge in [0.2, 0.25) is 0 Å². The lowest BCUT2D eigenvalue weighted by atomic mass is 9.66. The van der Waals surface area contributed by atoms with Gasteiger partial charge in [-0.2, -0.15) is 0 Å². The first-order valence-corrected chi connectivity index (χ1v) is 5.28. The van der Waals surface area contributed by atoms with Gasteiger partial charge in [0.1, 0.15) is 0 Å². The van der Waals surface area contributed by atoms with E-state index in [-0.39, 0.29) is 0 Å². The summed E-state index contributed by atoms with van der Waals surface area (Å²) in [6.07, 6.45) is 8.14. The van der Waals surface area contributed by atoms with Crippen LogP contribution in [-0.4, -0.2) is 0 Å². The van der Waals surface area contributed by atoms with Crippen molar-refractivity contribution in [2.75, 3.05) is 0 Å². The van der Waals surface area contributed by atoms with Crippen molar-refractivity contribution in [3.8, 4) is 0 Å². The molecule has 0 nitrogen and oxygen atoms in total. The summed E-state index contributed by atoms with van der Waals surface area (Å²) in [6, 6.07) is 0. The Balaban J connectivity index is 2.22. The highest BCUT2D eigenvalue weighted by molar-refractivity contribution is 5.15. The van der Waals surface area contributed by atoms with Crippen LogP contribution in [0.25, 0.3) is 0 Å². The molecule has 0 aliphatic heterocycles. The van der Waals surface area contributed by atoms with Crippen LogP contribution in [0, 0.1) is 17.3 Å². The maximum atomic E-state index is 2.47. The molecule has 0 radical (unpaired) electrons. The zero-order valence-electron chi connectivity index (χ0n) is 8.56. The molecule has 0 amide bonds. The summed E-state index contributed by atoms with van der Waals surface area (Å²) in [7, 11) is 0. The summed E-state index contributed by atoms with van der Waals surface area (Å²) in [5.41, 5.74) is 2.26. The molecule has 1 fully saturated rings. The molecular weight excluding hydrogens is 144 g/mol. The Hall–Kier alpha value is -0.260. The van der Waals surface area contributed by atoms with Crippen molar-refractivity contribution < 1.29 is 0 Å². The lowest BCUT2D eigenvalue weighted by Gasteiger charge is -2.38. The van der Waals surface area contributed by atoms with Crippen molar-refractivity contribution in [2.24, 2.45) is 17.3 Å². The van der Waals surface area contributed by atoms with Gasteiger partial charge < -0.3 is 0 Å². The third kappa shape index (κ3) is 1.32. The maximum Gasteiger partial charge on any atom is -0.0126 e. The summed E-state index contributed by atoms with van der Waals surface area (Å²) in [5, 5.41) is 0. The largest absolute Gasteiger partial charge is 0.0853 e. The van der Waals surface area contributed by atoms with E-state index in [2.05, 4.69) is 26.8 Å². The van der Waals surface area contributed by atoms with E-state index in [0.29, 0.717) is 5.41 Å². The second-order valence-electron chi connectivity index (χ2n) is 5.29. The molecule has 2 aliphatic carbocycles. The monoisotopic (exact) mass is 164 g/mol. The van der Waals surface area contributed by atoms with Gasteiger partial charge in [-0.3, -0.25) is 0 Å². The molecule has 0 aromatic rings. The second kappa shape index (κ2) is 2.61.